The molecule has 0 aliphatic heterocycles. The summed E-state index contributed by atoms with van der Waals surface area (Å²) in [6, 6.07) is 5.19. The zero-order chi connectivity index (χ0) is 17.5. The number of aliphatic imine (C=N–C) groups is 1. The lowest BCUT2D eigenvalue weighted by molar-refractivity contribution is 0.376. The maximum Gasteiger partial charge on any atom is 0.228 e. The monoisotopic (exact) mass is 333 g/mol. The quantitative estimate of drug-likeness (QED) is 0.628. The Hall–Kier alpha value is -2.44. The van der Waals surface area contributed by atoms with Crippen molar-refractivity contribution in [2.24, 2.45) is 4.99 Å². The van der Waals surface area contributed by atoms with E-state index < -0.39 is 0 Å². The molecule has 0 spiro atoms. The minimum absolute atomic E-state index is 0.0662. The zero-order valence-corrected chi connectivity index (χ0v) is 14.6. The van der Waals surface area contributed by atoms with Crippen molar-refractivity contribution >= 4 is 5.96 Å². The molecular formula is C17H24FN5O. The number of aryl methyl sites for hydroxylation is 2. The van der Waals surface area contributed by atoms with Gasteiger partial charge in [0.05, 0.1) is 12.6 Å². The molecule has 1 aromatic carbocycles. The number of nitrogens with one attached hydrogen (secondary N) is 2. The van der Waals surface area contributed by atoms with Gasteiger partial charge in [-0.1, -0.05) is 17.3 Å². The van der Waals surface area contributed by atoms with Crippen LogP contribution in [-0.2, 0) is 6.42 Å². The van der Waals surface area contributed by atoms with E-state index in [1.54, 1.807) is 26.0 Å². The molecule has 0 radical (unpaired) electrons. The predicted octanol–water partition coefficient (Wildman–Crippen LogP) is 2.68. The maximum absolute atomic E-state index is 13.7. The Labute approximate surface area is 141 Å². The van der Waals surface area contributed by atoms with Crippen molar-refractivity contribution in [2.75, 3.05) is 13.1 Å². The number of nitrogens with zero attached hydrogens (tertiary/aromatic N) is 3. The molecule has 0 amide bonds. The SMILES string of the molecule is CCNC(=NCCc1nc(C)no1)NC(C)c1ccc(C)c(F)c1. The molecule has 24 heavy (non-hydrogen) atoms. The van der Waals surface area contributed by atoms with Crippen LogP contribution in [0.15, 0.2) is 27.7 Å². The van der Waals surface area contributed by atoms with Crippen LogP contribution in [0.25, 0.3) is 0 Å². The smallest absolute Gasteiger partial charge is 0.228 e. The van der Waals surface area contributed by atoms with Crippen molar-refractivity contribution < 1.29 is 8.91 Å². The first-order valence-corrected chi connectivity index (χ1v) is 8.09. The summed E-state index contributed by atoms with van der Waals surface area (Å²) >= 11 is 0. The average molecular weight is 333 g/mol. The van der Waals surface area contributed by atoms with Crippen molar-refractivity contribution in [1.29, 1.82) is 0 Å². The Morgan fingerprint density at radius 2 is 2.17 bits per heavy atom. The number of halogens is 1. The van der Waals surface area contributed by atoms with Crippen LogP contribution >= 0.6 is 0 Å². The molecular weight excluding hydrogens is 309 g/mol. The van der Waals surface area contributed by atoms with E-state index in [4.69, 9.17) is 4.52 Å². The summed E-state index contributed by atoms with van der Waals surface area (Å²) < 4.78 is 18.8. The second-order valence-electron chi connectivity index (χ2n) is 5.62. The van der Waals surface area contributed by atoms with Gasteiger partial charge in [-0.05, 0) is 44.9 Å². The van der Waals surface area contributed by atoms with E-state index in [9.17, 15) is 4.39 Å². The molecule has 130 valence electrons. The Morgan fingerprint density at radius 1 is 1.38 bits per heavy atom. The van der Waals surface area contributed by atoms with Gasteiger partial charge in [-0.3, -0.25) is 4.99 Å². The highest BCUT2D eigenvalue weighted by atomic mass is 19.1. The van der Waals surface area contributed by atoms with Crippen LogP contribution in [-0.4, -0.2) is 29.2 Å². The van der Waals surface area contributed by atoms with E-state index in [-0.39, 0.29) is 11.9 Å². The molecule has 0 saturated heterocycles. The van der Waals surface area contributed by atoms with Gasteiger partial charge in [0.25, 0.3) is 0 Å². The highest BCUT2D eigenvalue weighted by Crippen LogP contribution is 2.16. The average Bonchev–Trinajstić information content (AvgIpc) is 2.95. The number of guanidine groups is 1. The van der Waals surface area contributed by atoms with Gasteiger partial charge in [0, 0.05) is 13.0 Å². The van der Waals surface area contributed by atoms with Gasteiger partial charge >= 0.3 is 0 Å². The summed E-state index contributed by atoms with van der Waals surface area (Å²) in [6.45, 7) is 8.76. The summed E-state index contributed by atoms with van der Waals surface area (Å²) in [5, 5.41) is 10.2. The Bertz CT molecular complexity index is 698. The van der Waals surface area contributed by atoms with Gasteiger partial charge in [0.1, 0.15) is 5.82 Å². The van der Waals surface area contributed by atoms with E-state index in [2.05, 4.69) is 25.8 Å². The van der Waals surface area contributed by atoms with Crippen LogP contribution in [0.4, 0.5) is 4.39 Å². The number of hydrogen-bond donors (Lipinski definition) is 2. The number of rotatable bonds is 6. The lowest BCUT2D eigenvalue weighted by Gasteiger charge is -2.18. The summed E-state index contributed by atoms with van der Waals surface area (Å²) in [6.07, 6.45) is 0.574. The second-order valence-corrected chi connectivity index (χ2v) is 5.62. The Morgan fingerprint density at radius 3 is 2.79 bits per heavy atom. The van der Waals surface area contributed by atoms with Crippen molar-refractivity contribution in [1.82, 2.24) is 20.8 Å². The third-order valence-electron chi connectivity index (χ3n) is 3.56. The molecule has 1 atom stereocenters. The van der Waals surface area contributed by atoms with E-state index in [0.717, 1.165) is 12.1 Å². The van der Waals surface area contributed by atoms with Gasteiger partial charge in [0.15, 0.2) is 11.8 Å². The van der Waals surface area contributed by atoms with E-state index in [1.807, 2.05) is 19.9 Å². The third kappa shape index (κ3) is 5.04. The van der Waals surface area contributed by atoms with Crippen LogP contribution in [0.1, 0.15) is 42.7 Å². The molecule has 7 heteroatoms. The van der Waals surface area contributed by atoms with E-state index in [1.165, 1.54) is 0 Å². The summed E-state index contributed by atoms with van der Waals surface area (Å²) in [7, 11) is 0. The molecule has 1 unspecified atom stereocenters. The molecule has 1 heterocycles. The van der Waals surface area contributed by atoms with Gasteiger partial charge in [0.2, 0.25) is 5.89 Å². The van der Waals surface area contributed by atoms with Crippen LogP contribution in [0.3, 0.4) is 0 Å². The second kappa shape index (κ2) is 8.42. The fraction of sp³-hybridized carbons (Fsp3) is 0.471. The fourth-order valence-electron chi connectivity index (χ4n) is 2.19. The van der Waals surface area contributed by atoms with Crippen molar-refractivity contribution in [3.8, 4) is 0 Å². The van der Waals surface area contributed by atoms with Gasteiger partial charge in [-0.2, -0.15) is 4.98 Å². The lowest BCUT2D eigenvalue weighted by atomic mass is 10.1. The normalized spacial score (nSPS) is 13.0. The van der Waals surface area contributed by atoms with Gasteiger partial charge in [-0.25, -0.2) is 4.39 Å². The van der Waals surface area contributed by atoms with E-state index >= 15 is 0 Å². The first-order valence-electron chi connectivity index (χ1n) is 8.09. The molecule has 0 aliphatic rings. The van der Waals surface area contributed by atoms with Crippen LogP contribution in [0.2, 0.25) is 0 Å². The Kier molecular flexibility index (Phi) is 6.28. The molecule has 1 aromatic heterocycles. The minimum Gasteiger partial charge on any atom is -0.357 e. The fourth-order valence-corrected chi connectivity index (χ4v) is 2.19. The van der Waals surface area contributed by atoms with Crippen LogP contribution in [0, 0.1) is 19.7 Å². The minimum atomic E-state index is -0.199. The van der Waals surface area contributed by atoms with Gasteiger partial charge < -0.3 is 15.2 Å². The van der Waals surface area contributed by atoms with Gasteiger partial charge in [-0.15, -0.1) is 0 Å². The largest absolute Gasteiger partial charge is 0.357 e. The molecule has 0 saturated carbocycles. The highest BCUT2D eigenvalue weighted by molar-refractivity contribution is 5.80. The topological polar surface area (TPSA) is 75.3 Å². The number of aromatic nitrogens is 2. The van der Waals surface area contributed by atoms with E-state index in [0.29, 0.717) is 36.2 Å². The highest BCUT2D eigenvalue weighted by Gasteiger charge is 2.10. The molecule has 2 aromatic rings. The summed E-state index contributed by atoms with van der Waals surface area (Å²) in [5.41, 5.74) is 1.51. The molecule has 2 N–H and O–H groups in total. The number of hydrogen-bond acceptors (Lipinski definition) is 4. The van der Waals surface area contributed by atoms with Crippen molar-refractivity contribution in [3.05, 3.63) is 46.9 Å². The molecule has 0 fully saturated rings. The maximum atomic E-state index is 13.7. The first kappa shape index (κ1) is 17.9. The third-order valence-corrected chi connectivity index (χ3v) is 3.56. The summed E-state index contributed by atoms with van der Waals surface area (Å²) in [4.78, 5) is 8.65. The molecule has 0 aliphatic carbocycles. The van der Waals surface area contributed by atoms with Crippen molar-refractivity contribution in [3.63, 3.8) is 0 Å². The Balaban J connectivity index is 1.98. The predicted molar refractivity (Wildman–Crippen MR) is 91.4 cm³/mol. The van der Waals surface area contributed by atoms with Crippen molar-refractivity contribution in [2.45, 2.75) is 40.2 Å². The van der Waals surface area contributed by atoms with Crippen LogP contribution < -0.4 is 10.6 Å². The molecule has 6 nitrogen and oxygen atoms in total. The number of benzene rings is 1. The molecule has 2 rings (SSSR count). The first-order chi connectivity index (χ1) is 11.5. The lowest BCUT2D eigenvalue weighted by Crippen LogP contribution is -2.39. The summed E-state index contributed by atoms with van der Waals surface area (Å²) in [5.74, 6) is 1.66. The molecule has 0 bridgehead atoms. The standard InChI is InChI=1S/C17H24FN5O/c1-5-19-17(20-9-8-16-22-13(4)23-24-16)21-12(3)14-7-6-11(2)15(18)10-14/h6-7,10,12H,5,8-9H2,1-4H3,(H2,19,20,21). The zero-order valence-electron chi connectivity index (χ0n) is 14.6. The van der Waals surface area contributed by atoms with Crippen LogP contribution in [0.5, 0.6) is 0 Å².